The predicted molar refractivity (Wildman–Crippen MR) is 70.3 cm³/mol. The van der Waals surface area contributed by atoms with Crippen LogP contribution in [-0.4, -0.2) is 18.4 Å². The average molecular weight is 262 g/mol. The SMILES string of the molecule is CCc1ccc(OCC(=O)NNC(=O)C2CC2)cc1. The maximum absolute atomic E-state index is 11.4. The van der Waals surface area contributed by atoms with Crippen molar-refractivity contribution in [3.8, 4) is 5.75 Å². The summed E-state index contributed by atoms with van der Waals surface area (Å²) in [5.41, 5.74) is 5.93. The molecule has 1 saturated carbocycles. The van der Waals surface area contributed by atoms with Gasteiger partial charge in [-0.15, -0.1) is 0 Å². The van der Waals surface area contributed by atoms with Gasteiger partial charge in [0.15, 0.2) is 6.61 Å². The Balaban J connectivity index is 1.68. The Morgan fingerprint density at radius 2 is 1.89 bits per heavy atom. The molecule has 1 aliphatic carbocycles. The van der Waals surface area contributed by atoms with E-state index in [0.717, 1.165) is 19.3 Å². The molecule has 0 aromatic heterocycles. The number of rotatable bonds is 5. The fourth-order valence-corrected chi connectivity index (χ4v) is 1.59. The van der Waals surface area contributed by atoms with Gasteiger partial charge in [-0.2, -0.15) is 0 Å². The lowest BCUT2D eigenvalue weighted by molar-refractivity contribution is -0.130. The highest BCUT2D eigenvalue weighted by Gasteiger charge is 2.29. The Hall–Kier alpha value is -2.04. The van der Waals surface area contributed by atoms with Crippen molar-refractivity contribution >= 4 is 11.8 Å². The molecule has 0 bridgehead atoms. The quantitative estimate of drug-likeness (QED) is 0.783. The van der Waals surface area contributed by atoms with Crippen molar-refractivity contribution in [2.45, 2.75) is 26.2 Å². The van der Waals surface area contributed by atoms with Crippen molar-refractivity contribution in [3.63, 3.8) is 0 Å². The summed E-state index contributed by atoms with van der Waals surface area (Å²) < 4.78 is 5.31. The van der Waals surface area contributed by atoms with Crippen molar-refractivity contribution < 1.29 is 14.3 Å². The standard InChI is InChI=1S/C14H18N2O3/c1-2-10-3-7-12(8-4-10)19-9-13(17)15-16-14(18)11-5-6-11/h3-4,7-8,11H,2,5-6,9H2,1H3,(H,15,17)(H,16,18). The highest BCUT2D eigenvalue weighted by atomic mass is 16.5. The number of carbonyl (C=O) groups excluding carboxylic acids is 2. The van der Waals surface area contributed by atoms with Crippen LogP contribution < -0.4 is 15.6 Å². The van der Waals surface area contributed by atoms with E-state index < -0.39 is 0 Å². The molecule has 0 saturated heterocycles. The molecule has 0 atom stereocenters. The Morgan fingerprint density at radius 3 is 2.47 bits per heavy atom. The zero-order chi connectivity index (χ0) is 13.7. The topological polar surface area (TPSA) is 67.4 Å². The summed E-state index contributed by atoms with van der Waals surface area (Å²) in [7, 11) is 0. The number of hydrazine groups is 1. The molecule has 2 amide bonds. The first-order valence-electron chi connectivity index (χ1n) is 6.49. The Morgan fingerprint density at radius 1 is 1.21 bits per heavy atom. The monoisotopic (exact) mass is 262 g/mol. The Labute approximate surface area is 112 Å². The highest BCUT2D eigenvalue weighted by molar-refractivity contribution is 5.85. The van der Waals surface area contributed by atoms with Gasteiger partial charge in [-0.05, 0) is 37.0 Å². The van der Waals surface area contributed by atoms with E-state index in [4.69, 9.17) is 4.74 Å². The second-order valence-corrected chi connectivity index (χ2v) is 4.60. The molecule has 2 N–H and O–H groups in total. The number of nitrogens with one attached hydrogen (secondary N) is 2. The molecule has 102 valence electrons. The van der Waals surface area contributed by atoms with Gasteiger partial charge in [0.1, 0.15) is 5.75 Å². The molecule has 1 aliphatic rings. The maximum atomic E-state index is 11.4. The van der Waals surface area contributed by atoms with Gasteiger partial charge in [0.25, 0.3) is 5.91 Å². The molecule has 0 aliphatic heterocycles. The molecule has 0 spiro atoms. The highest BCUT2D eigenvalue weighted by Crippen LogP contribution is 2.28. The molecule has 0 radical (unpaired) electrons. The van der Waals surface area contributed by atoms with Crippen LogP contribution in [0.15, 0.2) is 24.3 Å². The first-order valence-corrected chi connectivity index (χ1v) is 6.49. The molecular formula is C14H18N2O3. The lowest BCUT2D eigenvalue weighted by Crippen LogP contribution is -2.44. The minimum absolute atomic E-state index is 0.0720. The normalized spacial score (nSPS) is 13.7. The number of hydrogen-bond acceptors (Lipinski definition) is 3. The van der Waals surface area contributed by atoms with E-state index in [2.05, 4.69) is 17.8 Å². The Kier molecular flexibility index (Phi) is 4.39. The fraction of sp³-hybridized carbons (Fsp3) is 0.429. The summed E-state index contributed by atoms with van der Waals surface area (Å²) in [6.45, 7) is 1.96. The Bertz CT molecular complexity index is 452. The zero-order valence-corrected chi connectivity index (χ0v) is 10.9. The minimum atomic E-state index is -0.367. The van der Waals surface area contributed by atoms with Gasteiger partial charge in [0.05, 0.1) is 0 Å². The van der Waals surface area contributed by atoms with Crippen LogP contribution in [0.25, 0.3) is 0 Å². The average Bonchev–Trinajstić information content (AvgIpc) is 3.27. The van der Waals surface area contributed by atoms with Gasteiger partial charge < -0.3 is 4.74 Å². The van der Waals surface area contributed by atoms with Crippen LogP contribution >= 0.6 is 0 Å². The molecule has 1 aromatic carbocycles. The van der Waals surface area contributed by atoms with Gasteiger partial charge in [-0.1, -0.05) is 19.1 Å². The van der Waals surface area contributed by atoms with E-state index in [0.29, 0.717) is 5.75 Å². The van der Waals surface area contributed by atoms with Gasteiger partial charge in [-0.25, -0.2) is 0 Å². The number of ether oxygens (including phenoxy) is 1. The van der Waals surface area contributed by atoms with Gasteiger partial charge in [0.2, 0.25) is 5.91 Å². The molecule has 5 heteroatoms. The van der Waals surface area contributed by atoms with E-state index in [1.807, 2.05) is 24.3 Å². The third kappa shape index (κ3) is 4.28. The van der Waals surface area contributed by atoms with Crippen LogP contribution in [0.5, 0.6) is 5.75 Å². The van der Waals surface area contributed by atoms with E-state index >= 15 is 0 Å². The van der Waals surface area contributed by atoms with Crippen LogP contribution in [-0.2, 0) is 16.0 Å². The zero-order valence-electron chi connectivity index (χ0n) is 10.9. The van der Waals surface area contributed by atoms with Crippen molar-refractivity contribution in [1.29, 1.82) is 0 Å². The van der Waals surface area contributed by atoms with Crippen LogP contribution in [0, 0.1) is 5.92 Å². The summed E-state index contributed by atoms with van der Waals surface area (Å²) in [6, 6.07) is 7.58. The minimum Gasteiger partial charge on any atom is -0.484 e. The second kappa shape index (κ2) is 6.22. The van der Waals surface area contributed by atoms with Crippen molar-refractivity contribution in [2.24, 2.45) is 5.92 Å². The maximum Gasteiger partial charge on any atom is 0.276 e. The summed E-state index contributed by atoms with van der Waals surface area (Å²) >= 11 is 0. The summed E-state index contributed by atoms with van der Waals surface area (Å²) in [5, 5.41) is 0. The molecule has 5 nitrogen and oxygen atoms in total. The second-order valence-electron chi connectivity index (χ2n) is 4.60. The third-order valence-electron chi connectivity index (χ3n) is 2.97. The summed E-state index contributed by atoms with van der Waals surface area (Å²) in [4.78, 5) is 22.7. The summed E-state index contributed by atoms with van der Waals surface area (Å²) in [6.07, 6.45) is 2.78. The van der Waals surface area contributed by atoms with E-state index in [1.54, 1.807) is 0 Å². The molecule has 0 unspecified atom stereocenters. The first kappa shape index (κ1) is 13.4. The van der Waals surface area contributed by atoms with Crippen LogP contribution in [0.1, 0.15) is 25.3 Å². The molecule has 0 heterocycles. The lowest BCUT2D eigenvalue weighted by Gasteiger charge is -2.08. The van der Waals surface area contributed by atoms with Crippen molar-refractivity contribution in [2.75, 3.05) is 6.61 Å². The molecule has 2 rings (SSSR count). The van der Waals surface area contributed by atoms with E-state index in [-0.39, 0.29) is 24.3 Å². The smallest absolute Gasteiger partial charge is 0.276 e. The lowest BCUT2D eigenvalue weighted by atomic mass is 10.2. The van der Waals surface area contributed by atoms with Crippen molar-refractivity contribution in [1.82, 2.24) is 10.9 Å². The molecular weight excluding hydrogens is 244 g/mol. The molecule has 1 aromatic rings. The van der Waals surface area contributed by atoms with E-state index in [1.165, 1.54) is 5.56 Å². The fourth-order valence-electron chi connectivity index (χ4n) is 1.59. The number of hydrogen-bond donors (Lipinski definition) is 2. The number of carbonyl (C=O) groups is 2. The van der Waals surface area contributed by atoms with E-state index in [9.17, 15) is 9.59 Å². The summed E-state index contributed by atoms with van der Waals surface area (Å²) in [5.74, 6) is 0.220. The molecule has 19 heavy (non-hydrogen) atoms. The largest absolute Gasteiger partial charge is 0.484 e. The number of amides is 2. The third-order valence-corrected chi connectivity index (χ3v) is 2.97. The number of benzene rings is 1. The first-order chi connectivity index (χ1) is 9.19. The van der Waals surface area contributed by atoms with Crippen molar-refractivity contribution in [3.05, 3.63) is 29.8 Å². The van der Waals surface area contributed by atoms with Gasteiger partial charge in [-0.3, -0.25) is 20.4 Å². The van der Waals surface area contributed by atoms with Gasteiger partial charge >= 0.3 is 0 Å². The van der Waals surface area contributed by atoms with Crippen LogP contribution in [0.4, 0.5) is 0 Å². The van der Waals surface area contributed by atoms with Crippen LogP contribution in [0.3, 0.4) is 0 Å². The number of aryl methyl sites for hydroxylation is 1. The predicted octanol–water partition coefficient (Wildman–Crippen LogP) is 1.19. The van der Waals surface area contributed by atoms with Crippen LogP contribution in [0.2, 0.25) is 0 Å². The van der Waals surface area contributed by atoms with Gasteiger partial charge in [0, 0.05) is 5.92 Å². The molecule has 1 fully saturated rings.